The summed E-state index contributed by atoms with van der Waals surface area (Å²) in [5.74, 6) is 1.88. The Morgan fingerprint density at radius 3 is 1.56 bits per heavy atom. The van der Waals surface area contributed by atoms with Crippen molar-refractivity contribution in [3.05, 3.63) is 211 Å². The number of aromatic nitrogens is 3. The van der Waals surface area contributed by atoms with Crippen LogP contribution in [0.2, 0.25) is 0 Å². The van der Waals surface area contributed by atoms with Gasteiger partial charge in [0, 0.05) is 32.9 Å². The van der Waals surface area contributed by atoms with Crippen LogP contribution in [0.4, 0.5) is 0 Å². The summed E-state index contributed by atoms with van der Waals surface area (Å²) in [6, 6.07) is 71.5. The molecule has 300 valence electrons. The lowest BCUT2D eigenvalue weighted by Gasteiger charge is -2.21. The molecular weight excluding hydrogens is 779 g/mol. The van der Waals surface area contributed by atoms with E-state index in [1.54, 1.807) is 0 Å². The van der Waals surface area contributed by atoms with Crippen molar-refractivity contribution in [3.8, 4) is 67.5 Å². The number of hydrogen-bond donors (Lipinski definition) is 0. The monoisotopic (exact) mass is 817 g/mol. The number of hydrogen-bond acceptors (Lipinski definition) is 4. The number of furan rings is 1. The van der Waals surface area contributed by atoms with Crippen LogP contribution in [-0.4, -0.2) is 15.0 Å². The lowest BCUT2D eigenvalue weighted by atomic mass is 9.82. The van der Waals surface area contributed by atoms with Crippen LogP contribution in [0.1, 0.15) is 25.0 Å². The molecule has 0 spiro atoms. The zero-order chi connectivity index (χ0) is 42.5. The van der Waals surface area contributed by atoms with Crippen molar-refractivity contribution >= 4 is 54.3 Å². The fraction of sp³-hybridized carbons (Fsp3) is 0.0500. The first-order valence-corrected chi connectivity index (χ1v) is 21.9. The van der Waals surface area contributed by atoms with Crippen LogP contribution in [0, 0.1) is 0 Å². The largest absolute Gasteiger partial charge is 0.456 e. The minimum Gasteiger partial charge on any atom is -0.456 e. The molecule has 0 aliphatic heterocycles. The summed E-state index contributed by atoms with van der Waals surface area (Å²) in [5, 5.41) is 9.78. The van der Waals surface area contributed by atoms with E-state index in [9.17, 15) is 0 Å². The molecular formula is C60H39N3O. The van der Waals surface area contributed by atoms with Crippen molar-refractivity contribution in [3.63, 3.8) is 0 Å². The van der Waals surface area contributed by atoms with Gasteiger partial charge in [-0.2, -0.15) is 0 Å². The second kappa shape index (κ2) is 13.9. The molecule has 13 rings (SSSR count). The Labute approximate surface area is 370 Å². The van der Waals surface area contributed by atoms with Gasteiger partial charge in [-0.25, -0.2) is 15.0 Å². The van der Waals surface area contributed by atoms with E-state index in [1.807, 2.05) is 18.2 Å². The molecule has 0 saturated heterocycles. The standard InChI is InChI=1S/C60H39N3O/c1-60(2)52-24-11-10-22-48(52)56-49(23-13-25-53(56)60)59-62-57(36-14-4-3-5-15-36)61-58(63-59)41-27-30-47-51-34-40(28-31-54(51)64-55(47)35-41)38-17-12-16-37(32-38)39-26-29-46-44-20-7-6-18-42(44)43-19-8-9-21-45(43)50(46)33-39/h3-35H,1-2H3. The Hall–Kier alpha value is -8.21. The van der Waals surface area contributed by atoms with Crippen molar-refractivity contribution in [1.29, 1.82) is 0 Å². The first-order chi connectivity index (χ1) is 31.5. The molecule has 64 heavy (non-hydrogen) atoms. The smallest absolute Gasteiger partial charge is 0.164 e. The van der Waals surface area contributed by atoms with Crippen molar-refractivity contribution in [1.82, 2.24) is 15.0 Å². The fourth-order valence-electron chi connectivity index (χ4n) is 10.3. The predicted molar refractivity (Wildman–Crippen MR) is 264 cm³/mol. The van der Waals surface area contributed by atoms with Gasteiger partial charge in [0.05, 0.1) is 0 Å². The number of benzene rings is 10. The Bertz CT molecular complexity index is 3850. The zero-order valence-electron chi connectivity index (χ0n) is 35.3. The summed E-state index contributed by atoms with van der Waals surface area (Å²) in [6.07, 6.45) is 0. The molecule has 12 aromatic rings. The molecule has 0 bridgehead atoms. The highest BCUT2D eigenvalue weighted by molar-refractivity contribution is 6.25. The maximum atomic E-state index is 6.59. The van der Waals surface area contributed by atoms with Gasteiger partial charge in [0.15, 0.2) is 17.5 Å². The van der Waals surface area contributed by atoms with E-state index >= 15 is 0 Å². The summed E-state index contributed by atoms with van der Waals surface area (Å²) in [7, 11) is 0. The molecule has 10 aromatic carbocycles. The Morgan fingerprint density at radius 1 is 0.312 bits per heavy atom. The van der Waals surface area contributed by atoms with E-state index in [2.05, 4.69) is 196 Å². The maximum absolute atomic E-state index is 6.59. The average Bonchev–Trinajstić information content (AvgIpc) is 3.84. The van der Waals surface area contributed by atoms with Crippen molar-refractivity contribution in [2.24, 2.45) is 0 Å². The van der Waals surface area contributed by atoms with E-state index in [-0.39, 0.29) is 5.41 Å². The SMILES string of the molecule is CC1(C)c2ccccc2-c2c(-c3nc(-c4ccccc4)nc(-c4ccc5c(c4)oc4ccc(-c6cccc(-c7ccc8c9ccccc9c9ccccc9c8c7)c6)cc45)n3)cccc21. The third-order valence-electron chi connectivity index (χ3n) is 13.5. The van der Waals surface area contributed by atoms with Crippen LogP contribution >= 0.6 is 0 Å². The van der Waals surface area contributed by atoms with Gasteiger partial charge in [-0.1, -0.05) is 178 Å². The molecule has 4 heteroatoms. The minimum absolute atomic E-state index is 0.141. The summed E-state index contributed by atoms with van der Waals surface area (Å²) in [5.41, 5.74) is 13.9. The molecule has 0 unspecified atom stereocenters. The summed E-state index contributed by atoms with van der Waals surface area (Å²) < 4.78 is 6.59. The van der Waals surface area contributed by atoms with Gasteiger partial charge >= 0.3 is 0 Å². The quantitative estimate of drug-likeness (QED) is 0.162. The molecule has 0 amide bonds. The van der Waals surface area contributed by atoms with E-state index in [1.165, 1.54) is 65.7 Å². The summed E-state index contributed by atoms with van der Waals surface area (Å²) in [6.45, 7) is 4.60. The fourth-order valence-corrected chi connectivity index (χ4v) is 10.3. The molecule has 1 aliphatic carbocycles. The molecule has 0 fully saturated rings. The van der Waals surface area contributed by atoms with E-state index < -0.39 is 0 Å². The first-order valence-electron chi connectivity index (χ1n) is 21.9. The molecule has 0 atom stereocenters. The van der Waals surface area contributed by atoms with Crippen LogP contribution in [0.15, 0.2) is 205 Å². The maximum Gasteiger partial charge on any atom is 0.164 e. The highest BCUT2D eigenvalue weighted by atomic mass is 16.3. The second-order valence-electron chi connectivity index (χ2n) is 17.5. The van der Waals surface area contributed by atoms with Crippen molar-refractivity contribution in [2.75, 3.05) is 0 Å². The Morgan fingerprint density at radius 2 is 0.812 bits per heavy atom. The lowest BCUT2D eigenvalue weighted by molar-refractivity contribution is 0.660. The van der Waals surface area contributed by atoms with E-state index in [0.717, 1.165) is 49.8 Å². The van der Waals surface area contributed by atoms with Gasteiger partial charge in [0.1, 0.15) is 11.2 Å². The van der Waals surface area contributed by atoms with Crippen LogP contribution in [0.3, 0.4) is 0 Å². The first kappa shape index (κ1) is 36.4. The van der Waals surface area contributed by atoms with Gasteiger partial charge < -0.3 is 4.42 Å². The Balaban J connectivity index is 0.896. The highest BCUT2D eigenvalue weighted by Crippen LogP contribution is 2.52. The van der Waals surface area contributed by atoms with E-state index in [4.69, 9.17) is 19.4 Å². The topological polar surface area (TPSA) is 51.8 Å². The summed E-state index contributed by atoms with van der Waals surface area (Å²) in [4.78, 5) is 15.5. The number of nitrogens with zero attached hydrogens (tertiary/aromatic N) is 3. The third-order valence-corrected chi connectivity index (χ3v) is 13.5. The minimum atomic E-state index is -0.141. The molecule has 0 radical (unpaired) electrons. The van der Waals surface area contributed by atoms with Crippen LogP contribution in [0.25, 0.3) is 122 Å². The number of fused-ring (bicyclic) bond motifs is 12. The molecule has 0 N–H and O–H groups in total. The van der Waals surface area contributed by atoms with Crippen LogP contribution in [-0.2, 0) is 5.41 Å². The third kappa shape index (κ3) is 5.59. The van der Waals surface area contributed by atoms with Crippen molar-refractivity contribution in [2.45, 2.75) is 19.3 Å². The lowest BCUT2D eigenvalue weighted by Crippen LogP contribution is -2.14. The molecule has 2 heterocycles. The number of rotatable bonds is 5. The normalized spacial score (nSPS) is 13.0. The Kier molecular flexibility index (Phi) is 7.92. The predicted octanol–water partition coefficient (Wildman–Crippen LogP) is 15.9. The molecule has 2 aromatic heterocycles. The van der Waals surface area contributed by atoms with Gasteiger partial charge in [-0.05, 0) is 113 Å². The van der Waals surface area contributed by atoms with E-state index in [0.29, 0.717) is 17.5 Å². The van der Waals surface area contributed by atoms with Crippen LogP contribution in [0.5, 0.6) is 0 Å². The summed E-state index contributed by atoms with van der Waals surface area (Å²) >= 11 is 0. The van der Waals surface area contributed by atoms with Gasteiger partial charge in [0.2, 0.25) is 0 Å². The molecule has 0 saturated carbocycles. The van der Waals surface area contributed by atoms with Gasteiger partial charge in [0.25, 0.3) is 0 Å². The van der Waals surface area contributed by atoms with Crippen molar-refractivity contribution < 1.29 is 4.42 Å². The zero-order valence-corrected chi connectivity index (χ0v) is 35.3. The molecule has 1 aliphatic rings. The van der Waals surface area contributed by atoms with Gasteiger partial charge in [-0.3, -0.25) is 0 Å². The van der Waals surface area contributed by atoms with Gasteiger partial charge in [-0.15, -0.1) is 0 Å². The molecule has 4 nitrogen and oxygen atoms in total. The highest BCUT2D eigenvalue weighted by Gasteiger charge is 2.37. The van der Waals surface area contributed by atoms with Crippen LogP contribution < -0.4 is 0 Å². The second-order valence-corrected chi connectivity index (χ2v) is 17.5. The average molecular weight is 818 g/mol.